The molecule has 8 heteroatoms. The third kappa shape index (κ3) is 5.46. The molecule has 0 heterocycles. The Labute approximate surface area is 123 Å². The zero-order valence-corrected chi connectivity index (χ0v) is 12.8. The van der Waals surface area contributed by atoms with Crippen molar-refractivity contribution in [3.05, 3.63) is 29.3 Å². The first-order chi connectivity index (χ1) is 9.35. The number of carbonyl (C=O) groups excluding carboxylic acids is 1. The van der Waals surface area contributed by atoms with Crippen molar-refractivity contribution in [2.24, 2.45) is 0 Å². The molecule has 112 valence electrons. The number of hydrogen-bond donors (Lipinski definition) is 2. The number of methoxy groups -OCH3 is 1. The van der Waals surface area contributed by atoms with Gasteiger partial charge in [-0.05, 0) is 31.2 Å². The molecule has 2 N–H and O–H groups in total. The number of rotatable bonds is 7. The minimum Gasteiger partial charge on any atom is -0.383 e. The van der Waals surface area contributed by atoms with Gasteiger partial charge >= 0.3 is 0 Å². The van der Waals surface area contributed by atoms with Gasteiger partial charge < -0.3 is 10.1 Å². The van der Waals surface area contributed by atoms with Crippen molar-refractivity contribution in [3.8, 4) is 0 Å². The SMILES string of the molecule is COC[C@H](C)NC(=O)CNS(=O)(=O)c1ccc(Cl)cc1. The number of nitrogens with one attached hydrogen (secondary N) is 2. The van der Waals surface area contributed by atoms with Crippen LogP contribution in [-0.2, 0) is 19.6 Å². The van der Waals surface area contributed by atoms with Crippen molar-refractivity contribution in [2.75, 3.05) is 20.3 Å². The number of amides is 1. The predicted molar refractivity (Wildman–Crippen MR) is 76.1 cm³/mol. The summed E-state index contributed by atoms with van der Waals surface area (Å²) in [6.07, 6.45) is 0. The van der Waals surface area contributed by atoms with Crippen molar-refractivity contribution >= 4 is 27.5 Å². The van der Waals surface area contributed by atoms with Crippen LogP contribution in [0.5, 0.6) is 0 Å². The summed E-state index contributed by atoms with van der Waals surface area (Å²) in [5.74, 6) is -0.424. The summed E-state index contributed by atoms with van der Waals surface area (Å²) in [5.41, 5.74) is 0. The van der Waals surface area contributed by atoms with E-state index in [4.69, 9.17) is 16.3 Å². The fourth-order valence-corrected chi connectivity index (χ4v) is 2.58. The summed E-state index contributed by atoms with van der Waals surface area (Å²) in [7, 11) is -2.20. The molecule has 0 aliphatic rings. The van der Waals surface area contributed by atoms with Crippen LogP contribution >= 0.6 is 11.6 Å². The maximum absolute atomic E-state index is 11.9. The number of carbonyl (C=O) groups is 1. The van der Waals surface area contributed by atoms with Crippen molar-refractivity contribution in [2.45, 2.75) is 17.9 Å². The summed E-state index contributed by atoms with van der Waals surface area (Å²) >= 11 is 5.69. The number of hydrogen-bond acceptors (Lipinski definition) is 4. The second kappa shape index (κ2) is 7.58. The Morgan fingerprint density at radius 1 is 1.35 bits per heavy atom. The minimum atomic E-state index is -3.72. The molecule has 0 unspecified atom stereocenters. The van der Waals surface area contributed by atoms with E-state index in [1.165, 1.54) is 31.4 Å². The van der Waals surface area contributed by atoms with Gasteiger partial charge in [0.25, 0.3) is 0 Å². The molecule has 1 aromatic rings. The van der Waals surface area contributed by atoms with Gasteiger partial charge in [-0.1, -0.05) is 11.6 Å². The molecule has 0 saturated carbocycles. The van der Waals surface area contributed by atoms with Crippen LogP contribution in [0.3, 0.4) is 0 Å². The maximum Gasteiger partial charge on any atom is 0.241 e. The lowest BCUT2D eigenvalue weighted by atomic mass is 10.3. The largest absolute Gasteiger partial charge is 0.383 e. The monoisotopic (exact) mass is 320 g/mol. The first kappa shape index (κ1) is 16.9. The standard InChI is InChI=1S/C12H17ClN2O4S/c1-9(8-19-2)15-12(16)7-14-20(17,18)11-5-3-10(13)4-6-11/h3-6,9,14H,7-8H2,1-2H3,(H,15,16)/t9-/m0/s1. The van der Waals surface area contributed by atoms with Crippen LogP contribution < -0.4 is 10.0 Å². The maximum atomic E-state index is 11.9. The van der Waals surface area contributed by atoms with Crippen LogP contribution in [0, 0.1) is 0 Å². The summed E-state index contributed by atoms with van der Waals surface area (Å²) in [6, 6.07) is 5.49. The highest BCUT2D eigenvalue weighted by Crippen LogP contribution is 2.13. The molecular formula is C12H17ClN2O4S. The molecule has 1 aromatic carbocycles. The van der Waals surface area contributed by atoms with E-state index in [1.54, 1.807) is 6.92 Å². The van der Waals surface area contributed by atoms with Gasteiger partial charge in [-0.15, -0.1) is 0 Å². The van der Waals surface area contributed by atoms with Gasteiger partial charge in [0.1, 0.15) is 0 Å². The van der Waals surface area contributed by atoms with Crippen LogP contribution in [0.1, 0.15) is 6.92 Å². The lowest BCUT2D eigenvalue weighted by molar-refractivity contribution is -0.120. The Morgan fingerprint density at radius 2 is 1.95 bits per heavy atom. The third-order valence-corrected chi connectivity index (χ3v) is 4.04. The molecule has 0 aromatic heterocycles. The Morgan fingerprint density at radius 3 is 2.50 bits per heavy atom. The molecule has 0 saturated heterocycles. The van der Waals surface area contributed by atoms with E-state index < -0.39 is 15.9 Å². The van der Waals surface area contributed by atoms with Gasteiger partial charge in [-0.2, -0.15) is 0 Å². The van der Waals surface area contributed by atoms with Crippen molar-refractivity contribution < 1.29 is 17.9 Å². The van der Waals surface area contributed by atoms with E-state index in [1.807, 2.05) is 0 Å². The molecule has 1 atom stereocenters. The number of ether oxygens (including phenoxy) is 1. The zero-order valence-electron chi connectivity index (χ0n) is 11.2. The van der Waals surface area contributed by atoms with E-state index in [-0.39, 0.29) is 17.5 Å². The van der Waals surface area contributed by atoms with E-state index in [0.717, 1.165) is 0 Å². The van der Waals surface area contributed by atoms with Crippen LogP contribution in [0.4, 0.5) is 0 Å². The van der Waals surface area contributed by atoms with Gasteiger partial charge in [0, 0.05) is 18.2 Å². The lowest BCUT2D eigenvalue weighted by Crippen LogP contribution is -2.42. The molecule has 0 aliphatic carbocycles. The highest BCUT2D eigenvalue weighted by atomic mass is 35.5. The molecule has 0 aliphatic heterocycles. The average Bonchev–Trinajstić information content (AvgIpc) is 2.37. The molecular weight excluding hydrogens is 304 g/mol. The molecule has 0 bridgehead atoms. The summed E-state index contributed by atoms with van der Waals surface area (Å²) in [5, 5.41) is 3.04. The summed E-state index contributed by atoms with van der Waals surface area (Å²) in [6.45, 7) is 1.78. The molecule has 6 nitrogen and oxygen atoms in total. The van der Waals surface area contributed by atoms with Crippen LogP contribution in [0.25, 0.3) is 0 Å². The quantitative estimate of drug-likeness (QED) is 0.777. The fraction of sp³-hybridized carbons (Fsp3) is 0.417. The fourth-order valence-electron chi connectivity index (χ4n) is 1.48. The molecule has 20 heavy (non-hydrogen) atoms. The Hall–Kier alpha value is -1.15. The highest BCUT2D eigenvalue weighted by Gasteiger charge is 2.16. The van der Waals surface area contributed by atoms with Crippen molar-refractivity contribution in [1.29, 1.82) is 0 Å². The van der Waals surface area contributed by atoms with Gasteiger partial charge in [0.2, 0.25) is 15.9 Å². The lowest BCUT2D eigenvalue weighted by Gasteiger charge is -2.13. The first-order valence-corrected chi connectivity index (χ1v) is 7.75. The molecule has 0 fully saturated rings. The van der Waals surface area contributed by atoms with E-state index in [2.05, 4.69) is 10.0 Å². The highest BCUT2D eigenvalue weighted by molar-refractivity contribution is 7.89. The topological polar surface area (TPSA) is 84.5 Å². The third-order valence-electron chi connectivity index (χ3n) is 2.37. The van der Waals surface area contributed by atoms with Gasteiger partial charge in [0.05, 0.1) is 18.0 Å². The first-order valence-electron chi connectivity index (χ1n) is 5.88. The van der Waals surface area contributed by atoms with Gasteiger partial charge in [0.15, 0.2) is 0 Å². The molecule has 1 rings (SSSR count). The second-order valence-corrected chi connectivity index (χ2v) is 6.41. The van der Waals surface area contributed by atoms with Crippen molar-refractivity contribution in [1.82, 2.24) is 10.0 Å². The average molecular weight is 321 g/mol. The second-order valence-electron chi connectivity index (χ2n) is 4.20. The number of halogens is 1. The minimum absolute atomic E-state index is 0.0552. The van der Waals surface area contributed by atoms with Gasteiger partial charge in [-0.3, -0.25) is 4.79 Å². The van der Waals surface area contributed by atoms with E-state index in [0.29, 0.717) is 11.6 Å². The zero-order chi connectivity index (χ0) is 15.2. The van der Waals surface area contributed by atoms with Crippen LogP contribution in [-0.4, -0.2) is 40.6 Å². The Balaban J connectivity index is 2.55. The predicted octanol–water partition coefficient (Wildman–Crippen LogP) is 0.769. The Kier molecular flexibility index (Phi) is 6.41. The van der Waals surface area contributed by atoms with Crippen molar-refractivity contribution in [3.63, 3.8) is 0 Å². The molecule has 0 spiro atoms. The summed E-state index contributed by atoms with van der Waals surface area (Å²) < 4.78 is 30.9. The number of sulfonamides is 1. The van der Waals surface area contributed by atoms with E-state index in [9.17, 15) is 13.2 Å². The number of benzene rings is 1. The summed E-state index contributed by atoms with van der Waals surface area (Å²) in [4.78, 5) is 11.6. The Bertz CT molecular complexity index is 545. The molecule has 0 radical (unpaired) electrons. The van der Waals surface area contributed by atoms with E-state index >= 15 is 0 Å². The van der Waals surface area contributed by atoms with Crippen LogP contribution in [0.15, 0.2) is 29.2 Å². The molecule has 1 amide bonds. The van der Waals surface area contributed by atoms with Crippen LogP contribution in [0.2, 0.25) is 5.02 Å². The smallest absolute Gasteiger partial charge is 0.241 e. The normalized spacial score (nSPS) is 12.9. The van der Waals surface area contributed by atoms with Gasteiger partial charge in [-0.25, -0.2) is 13.1 Å².